The van der Waals surface area contributed by atoms with Gasteiger partial charge in [-0.1, -0.05) is 24.6 Å². The van der Waals surface area contributed by atoms with Gasteiger partial charge in [-0.3, -0.25) is 0 Å². The average molecular weight is 186 g/mol. The zero-order valence-electron chi connectivity index (χ0n) is 8.11. The molecule has 0 radical (unpaired) electrons. The predicted octanol–water partition coefficient (Wildman–Crippen LogP) is 2.15. The van der Waals surface area contributed by atoms with Gasteiger partial charge in [0.05, 0.1) is 11.6 Å². The third kappa shape index (κ3) is 1.51. The van der Waals surface area contributed by atoms with Crippen molar-refractivity contribution in [3.8, 4) is 6.07 Å². The molecule has 0 heterocycles. The normalized spacial score (nSPS) is 26.0. The van der Waals surface area contributed by atoms with E-state index in [1.165, 1.54) is 6.42 Å². The Labute approximate surface area is 84.3 Å². The van der Waals surface area contributed by atoms with Crippen LogP contribution in [0.15, 0.2) is 24.3 Å². The Balaban J connectivity index is 2.36. The first-order valence-electron chi connectivity index (χ1n) is 5.07. The number of benzene rings is 1. The maximum Gasteiger partial charge on any atom is 0.0994 e. The molecule has 0 spiro atoms. The number of hydrogen-bond donors (Lipinski definition) is 1. The van der Waals surface area contributed by atoms with E-state index in [2.05, 4.69) is 6.07 Å². The highest BCUT2D eigenvalue weighted by molar-refractivity contribution is 5.40. The average Bonchev–Trinajstić information content (AvgIpc) is 2.64. The Bertz CT molecular complexity index is 365. The lowest BCUT2D eigenvalue weighted by molar-refractivity contribution is 0.612. The third-order valence-corrected chi connectivity index (χ3v) is 3.05. The Morgan fingerprint density at radius 3 is 2.71 bits per heavy atom. The zero-order chi connectivity index (χ0) is 9.97. The van der Waals surface area contributed by atoms with Crippen molar-refractivity contribution in [2.75, 3.05) is 0 Å². The van der Waals surface area contributed by atoms with Crippen molar-refractivity contribution in [1.29, 1.82) is 5.26 Å². The van der Waals surface area contributed by atoms with Gasteiger partial charge in [0.2, 0.25) is 0 Å². The lowest BCUT2D eigenvalue weighted by atomic mass is 9.91. The summed E-state index contributed by atoms with van der Waals surface area (Å²) in [6.07, 6.45) is 3.40. The molecule has 1 fully saturated rings. The van der Waals surface area contributed by atoms with Crippen LogP contribution in [0.4, 0.5) is 0 Å². The Morgan fingerprint density at radius 1 is 1.29 bits per heavy atom. The molecule has 1 saturated carbocycles. The van der Waals surface area contributed by atoms with Crippen LogP contribution in [0.1, 0.15) is 36.3 Å². The lowest BCUT2D eigenvalue weighted by Crippen LogP contribution is -2.23. The maximum absolute atomic E-state index is 8.97. The van der Waals surface area contributed by atoms with Crippen LogP contribution in [0.2, 0.25) is 0 Å². The van der Waals surface area contributed by atoms with Crippen LogP contribution in [0.25, 0.3) is 0 Å². The summed E-state index contributed by atoms with van der Waals surface area (Å²) in [6, 6.07) is 10.3. The van der Waals surface area contributed by atoms with Gasteiger partial charge in [0, 0.05) is 12.0 Å². The van der Waals surface area contributed by atoms with Gasteiger partial charge in [-0.15, -0.1) is 0 Å². The molecule has 1 aliphatic rings. The van der Waals surface area contributed by atoms with Crippen molar-refractivity contribution < 1.29 is 0 Å². The summed E-state index contributed by atoms with van der Waals surface area (Å²) < 4.78 is 0. The molecule has 2 N–H and O–H groups in total. The van der Waals surface area contributed by atoms with Crippen molar-refractivity contribution in [3.63, 3.8) is 0 Å². The van der Waals surface area contributed by atoms with Gasteiger partial charge in [0.15, 0.2) is 0 Å². The zero-order valence-corrected chi connectivity index (χ0v) is 8.11. The standard InChI is InChI=1S/C12H14N2/c13-8-9-4-1-2-5-10(9)11-6-3-7-12(11)14/h1-2,4-5,11-12H,3,6-7,14H2/t11-,12-/m0/s1. The second kappa shape index (κ2) is 3.81. The Hall–Kier alpha value is -1.33. The predicted molar refractivity (Wildman–Crippen MR) is 55.7 cm³/mol. The molecule has 0 aliphatic heterocycles. The van der Waals surface area contributed by atoms with E-state index in [1.54, 1.807) is 0 Å². The molecule has 14 heavy (non-hydrogen) atoms. The molecule has 2 rings (SSSR count). The van der Waals surface area contributed by atoms with Gasteiger partial charge < -0.3 is 5.73 Å². The van der Waals surface area contributed by atoms with Crippen LogP contribution in [0, 0.1) is 11.3 Å². The molecule has 1 aliphatic carbocycles. The van der Waals surface area contributed by atoms with Crippen molar-refractivity contribution in [1.82, 2.24) is 0 Å². The SMILES string of the molecule is N#Cc1ccccc1[C@@H]1CCC[C@@H]1N. The van der Waals surface area contributed by atoms with Crippen molar-refractivity contribution in [3.05, 3.63) is 35.4 Å². The van der Waals surface area contributed by atoms with E-state index >= 15 is 0 Å². The van der Waals surface area contributed by atoms with E-state index in [4.69, 9.17) is 11.0 Å². The fourth-order valence-electron chi connectivity index (χ4n) is 2.30. The van der Waals surface area contributed by atoms with Gasteiger partial charge in [-0.25, -0.2) is 0 Å². The van der Waals surface area contributed by atoms with Crippen LogP contribution < -0.4 is 5.73 Å². The highest BCUT2D eigenvalue weighted by Crippen LogP contribution is 2.34. The van der Waals surface area contributed by atoms with Crippen LogP contribution in [0.5, 0.6) is 0 Å². The smallest absolute Gasteiger partial charge is 0.0994 e. The minimum Gasteiger partial charge on any atom is -0.327 e. The highest BCUT2D eigenvalue weighted by atomic mass is 14.7. The monoisotopic (exact) mass is 186 g/mol. The second-order valence-corrected chi connectivity index (χ2v) is 3.90. The molecule has 0 amide bonds. The summed E-state index contributed by atoms with van der Waals surface area (Å²) in [5, 5.41) is 8.97. The van der Waals surface area contributed by atoms with E-state index in [1.807, 2.05) is 24.3 Å². The highest BCUT2D eigenvalue weighted by Gasteiger charge is 2.26. The van der Waals surface area contributed by atoms with E-state index < -0.39 is 0 Å². The number of nitrogens with two attached hydrogens (primary N) is 1. The lowest BCUT2D eigenvalue weighted by Gasteiger charge is -2.16. The van der Waals surface area contributed by atoms with Gasteiger partial charge in [0.1, 0.15) is 0 Å². The fraction of sp³-hybridized carbons (Fsp3) is 0.417. The number of hydrogen-bond acceptors (Lipinski definition) is 2. The Kier molecular flexibility index (Phi) is 2.51. The summed E-state index contributed by atoms with van der Waals surface area (Å²) >= 11 is 0. The molecule has 0 aromatic heterocycles. The third-order valence-electron chi connectivity index (χ3n) is 3.05. The minimum atomic E-state index is 0.240. The molecule has 2 heteroatoms. The van der Waals surface area contributed by atoms with Gasteiger partial charge >= 0.3 is 0 Å². The fourth-order valence-corrected chi connectivity index (χ4v) is 2.30. The quantitative estimate of drug-likeness (QED) is 0.730. The molecule has 0 saturated heterocycles. The van der Waals surface area contributed by atoms with E-state index in [-0.39, 0.29) is 6.04 Å². The maximum atomic E-state index is 8.97. The summed E-state index contributed by atoms with van der Waals surface area (Å²) in [5.41, 5.74) is 7.95. The first-order chi connectivity index (χ1) is 6.83. The van der Waals surface area contributed by atoms with Crippen molar-refractivity contribution >= 4 is 0 Å². The van der Waals surface area contributed by atoms with Crippen LogP contribution in [-0.4, -0.2) is 6.04 Å². The molecule has 0 bridgehead atoms. The van der Waals surface area contributed by atoms with Crippen LogP contribution in [0.3, 0.4) is 0 Å². The first-order valence-corrected chi connectivity index (χ1v) is 5.07. The number of rotatable bonds is 1. The molecule has 2 nitrogen and oxygen atoms in total. The second-order valence-electron chi connectivity index (χ2n) is 3.90. The largest absolute Gasteiger partial charge is 0.327 e. The summed E-state index contributed by atoms with van der Waals surface area (Å²) in [6.45, 7) is 0. The summed E-state index contributed by atoms with van der Waals surface area (Å²) in [5.74, 6) is 0.394. The minimum absolute atomic E-state index is 0.240. The summed E-state index contributed by atoms with van der Waals surface area (Å²) in [4.78, 5) is 0. The van der Waals surface area contributed by atoms with Crippen molar-refractivity contribution in [2.45, 2.75) is 31.2 Å². The van der Waals surface area contributed by atoms with Crippen LogP contribution in [-0.2, 0) is 0 Å². The van der Waals surface area contributed by atoms with Crippen molar-refractivity contribution in [2.24, 2.45) is 5.73 Å². The van der Waals surface area contributed by atoms with E-state index in [9.17, 15) is 0 Å². The van der Waals surface area contributed by atoms with E-state index in [0.29, 0.717) is 5.92 Å². The molecule has 1 aromatic rings. The molecule has 0 unspecified atom stereocenters. The molecular weight excluding hydrogens is 172 g/mol. The summed E-state index contributed by atoms with van der Waals surface area (Å²) in [7, 11) is 0. The van der Waals surface area contributed by atoms with Gasteiger partial charge in [-0.2, -0.15) is 5.26 Å². The molecular formula is C12H14N2. The number of nitrogens with zero attached hydrogens (tertiary/aromatic N) is 1. The number of nitriles is 1. The molecule has 72 valence electrons. The van der Waals surface area contributed by atoms with Crippen LogP contribution >= 0.6 is 0 Å². The van der Waals surface area contributed by atoms with E-state index in [0.717, 1.165) is 24.0 Å². The first kappa shape index (κ1) is 9.23. The molecule has 2 atom stereocenters. The Morgan fingerprint density at radius 2 is 2.07 bits per heavy atom. The van der Waals surface area contributed by atoms with Gasteiger partial charge in [-0.05, 0) is 24.5 Å². The topological polar surface area (TPSA) is 49.8 Å². The van der Waals surface area contributed by atoms with Gasteiger partial charge in [0.25, 0.3) is 0 Å². The molecule has 1 aromatic carbocycles.